The highest BCUT2D eigenvalue weighted by Crippen LogP contribution is 2.25. The first-order valence-electron chi connectivity index (χ1n) is 10.5. The van der Waals surface area contributed by atoms with Gasteiger partial charge < -0.3 is 14.4 Å². The molecule has 3 heterocycles. The molecule has 0 spiro atoms. The SMILES string of the molecule is CCc1cnc(OC2CCCN(C(=O)c3cc(-c4cccc(OC)c4)nn3C)C2)nc1. The van der Waals surface area contributed by atoms with Gasteiger partial charge in [-0.1, -0.05) is 19.1 Å². The smallest absolute Gasteiger partial charge is 0.316 e. The third-order valence-electron chi connectivity index (χ3n) is 5.49. The zero-order valence-electron chi connectivity index (χ0n) is 18.1. The van der Waals surface area contributed by atoms with Crippen molar-refractivity contribution in [2.45, 2.75) is 32.3 Å². The number of amides is 1. The summed E-state index contributed by atoms with van der Waals surface area (Å²) in [6, 6.07) is 9.84. The fourth-order valence-electron chi connectivity index (χ4n) is 3.71. The minimum atomic E-state index is -0.128. The molecule has 1 aliphatic heterocycles. The van der Waals surface area contributed by atoms with E-state index in [2.05, 4.69) is 22.0 Å². The maximum Gasteiger partial charge on any atom is 0.316 e. The van der Waals surface area contributed by atoms with Crippen LogP contribution in [0.2, 0.25) is 0 Å². The molecular formula is C23H27N5O3. The molecule has 8 heteroatoms. The van der Waals surface area contributed by atoms with Crippen LogP contribution in [0.15, 0.2) is 42.7 Å². The summed E-state index contributed by atoms with van der Waals surface area (Å²) in [5.74, 6) is 0.695. The number of ether oxygens (including phenoxy) is 2. The minimum absolute atomic E-state index is 0.0558. The molecule has 1 amide bonds. The lowest BCUT2D eigenvalue weighted by atomic mass is 10.1. The Bertz CT molecular complexity index is 1050. The molecule has 3 aromatic rings. The molecule has 1 atom stereocenters. The van der Waals surface area contributed by atoms with E-state index in [1.807, 2.05) is 35.2 Å². The maximum atomic E-state index is 13.2. The van der Waals surface area contributed by atoms with Gasteiger partial charge in [0.15, 0.2) is 0 Å². The number of carbonyl (C=O) groups is 1. The van der Waals surface area contributed by atoms with Crippen LogP contribution in [-0.2, 0) is 13.5 Å². The third-order valence-corrected chi connectivity index (χ3v) is 5.49. The van der Waals surface area contributed by atoms with Crippen LogP contribution in [0.1, 0.15) is 35.8 Å². The first-order valence-corrected chi connectivity index (χ1v) is 10.5. The summed E-state index contributed by atoms with van der Waals surface area (Å²) in [6.45, 7) is 3.24. The van der Waals surface area contributed by atoms with Gasteiger partial charge in [0.1, 0.15) is 17.5 Å². The Kier molecular flexibility index (Phi) is 6.16. The van der Waals surface area contributed by atoms with Crippen molar-refractivity contribution in [2.24, 2.45) is 7.05 Å². The molecule has 4 rings (SSSR count). The number of aromatic nitrogens is 4. The van der Waals surface area contributed by atoms with E-state index in [4.69, 9.17) is 9.47 Å². The fourth-order valence-corrected chi connectivity index (χ4v) is 3.71. The summed E-state index contributed by atoms with van der Waals surface area (Å²) >= 11 is 0. The molecule has 162 valence electrons. The van der Waals surface area contributed by atoms with Crippen LogP contribution in [0.3, 0.4) is 0 Å². The van der Waals surface area contributed by atoms with Crippen molar-refractivity contribution in [3.05, 3.63) is 54.0 Å². The Hall–Kier alpha value is -3.42. The Morgan fingerprint density at radius 1 is 1.23 bits per heavy atom. The monoisotopic (exact) mass is 421 g/mol. The van der Waals surface area contributed by atoms with E-state index in [0.717, 1.165) is 41.8 Å². The van der Waals surface area contributed by atoms with Crippen LogP contribution in [0.5, 0.6) is 11.8 Å². The predicted molar refractivity (Wildman–Crippen MR) is 116 cm³/mol. The largest absolute Gasteiger partial charge is 0.497 e. The predicted octanol–water partition coefficient (Wildman–Crippen LogP) is 3.13. The minimum Gasteiger partial charge on any atom is -0.497 e. The number of hydrogen-bond acceptors (Lipinski definition) is 6. The Morgan fingerprint density at radius 2 is 2.03 bits per heavy atom. The number of nitrogens with zero attached hydrogens (tertiary/aromatic N) is 5. The first-order chi connectivity index (χ1) is 15.1. The van der Waals surface area contributed by atoms with Crippen LogP contribution in [0, 0.1) is 0 Å². The maximum absolute atomic E-state index is 13.2. The first kappa shape index (κ1) is 20.8. The van der Waals surface area contributed by atoms with E-state index >= 15 is 0 Å². The van der Waals surface area contributed by atoms with Crippen molar-refractivity contribution in [2.75, 3.05) is 20.2 Å². The van der Waals surface area contributed by atoms with Gasteiger partial charge >= 0.3 is 6.01 Å². The van der Waals surface area contributed by atoms with Crippen molar-refractivity contribution in [1.82, 2.24) is 24.6 Å². The highest BCUT2D eigenvalue weighted by atomic mass is 16.5. The molecule has 1 aliphatic rings. The molecule has 2 aromatic heterocycles. The highest BCUT2D eigenvalue weighted by Gasteiger charge is 2.28. The van der Waals surface area contributed by atoms with E-state index in [1.54, 1.807) is 31.2 Å². The van der Waals surface area contributed by atoms with Crippen molar-refractivity contribution in [3.8, 4) is 23.0 Å². The Morgan fingerprint density at radius 3 is 2.77 bits per heavy atom. The second kappa shape index (κ2) is 9.16. The number of rotatable bonds is 6. The normalized spacial score (nSPS) is 16.2. The number of methoxy groups -OCH3 is 1. The zero-order chi connectivity index (χ0) is 21.8. The molecule has 0 bridgehead atoms. The van der Waals surface area contributed by atoms with Gasteiger partial charge in [-0.05, 0) is 43.0 Å². The van der Waals surface area contributed by atoms with Gasteiger partial charge in [0.2, 0.25) is 0 Å². The molecule has 0 aliphatic carbocycles. The lowest BCUT2D eigenvalue weighted by Crippen LogP contribution is -2.45. The molecule has 0 N–H and O–H groups in total. The van der Waals surface area contributed by atoms with Gasteiger partial charge in [-0.3, -0.25) is 9.48 Å². The summed E-state index contributed by atoms with van der Waals surface area (Å²) in [5.41, 5.74) is 3.25. The van der Waals surface area contributed by atoms with Crippen LogP contribution in [-0.4, -0.2) is 56.9 Å². The van der Waals surface area contributed by atoms with Crippen LogP contribution in [0.4, 0.5) is 0 Å². The van der Waals surface area contributed by atoms with Crippen molar-refractivity contribution in [3.63, 3.8) is 0 Å². The molecule has 1 saturated heterocycles. The second-order valence-electron chi connectivity index (χ2n) is 7.63. The van der Waals surface area contributed by atoms with Crippen molar-refractivity contribution >= 4 is 5.91 Å². The van der Waals surface area contributed by atoms with E-state index in [-0.39, 0.29) is 12.0 Å². The van der Waals surface area contributed by atoms with E-state index < -0.39 is 0 Å². The lowest BCUT2D eigenvalue weighted by molar-refractivity contribution is 0.0506. The number of aryl methyl sites for hydroxylation is 2. The molecule has 1 fully saturated rings. The zero-order valence-corrected chi connectivity index (χ0v) is 18.1. The molecular weight excluding hydrogens is 394 g/mol. The van der Waals surface area contributed by atoms with Crippen molar-refractivity contribution in [1.29, 1.82) is 0 Å². The Labute approximate surface area is 181 Å². The van der Waals surface area contributed by atoms with Crippen LogP contribution in [0.25, 0.3) is 11.3 Å². The quantitative estimate of drug-likeness (QED) is 0.608. The molecule has 1 aromatic carbocycles. The van der Waals surface area contributed by atoms with Gasteiger partial charge in [0.05, 0.1) is 19.3 Å². The van der Waals surface area contributed by atoms with Gasteiger partial charge in [-0.2, -0.15) is 5.10 Å². The topological polar surface area (TPSA) is 82.4 Å². The van der Waals surface area contributed by atoms with Crippen LogP contribution >= 0.6 is 0 Å². The van der Waals surface area contributed by atoms with Gasteiger partial charge in [0, 0.05) is 31.5 Å². The summed E-state index contributed by atoms with van der Waals surface area (Å²) in [7, 11) is 3.42. The molecule has 8 nitrogen and oxygen atoms in total. The van der Waals surface area contributed by atoms with Gasteiger partial charge in [-0.25, -0.2) is 9.97 Å². The van der Waals surface area contributed by atoms with Gasteiger partial charge in [-0.15, -0.1) is 0 Å². The highest BCUT2D eigenvalue weighted by molar-refractivity contribution is 5.93. The molecule has 0 radical (unpaired) electrons. The average Bonchev–Trinajstić information content (AvgIpc) is 3.21. The molecule has 0 saturated carbocycles. The van der Waals surface area contributed by atoms with Gasteiger partial charge in [0.25, 0.3) is 5.91 Å². The van der Waals surface area contributed by atoms with E-state index in [9.17, 15) is 4.79 Å². The van der Waals surface area contributed by atoms with Crippen molar-refractivity contribution < 1.29 is 14.3 Å². The van der Waals surface area contributed by atoms with E-state index in [0.29, 0.717) is 24.8 Å². The molecule has 1 unspecified atom stereocenters. The van der Waals surface area contributed by atoms with Crippen LogP contribution < -0.4 is 9.47 Å². The van der Waals surface area contributed by atoms with E-state index in [1.165, 1.54) is 0 Å². The lowest BCUT2D eigenvalue weighted by Gasteiger charge is -2.32. The number of piperidine rings is 1. The molecule has 31 heavy (non-hydrogen) atoms. The summed E-state index contributed by atoms with van der Waals surface area (Å²) in [6.07, 6.45) is 6.05. The Balaban J connectivity index is 1.46. The summed E-state index contributed by atoms with van der Waals surface area (Å²) < 4.78 is 12.9. The second-order valence-corrected chi connectivity index (χ2v) is 7.63. The summed E-state index contributed by atoms with van der Waals surface area (Å²) in [4.78, 5) is 23.6. The number of hydrogen-bond donors (Lipinski definition) is 0. The standard InChI is InChI=1S/C23H27N5O3/c1-4-16-13-24-23(25-14-16)31-19-9-6-10-28(15-19)22(29)21-12-20(26-27(21)2)17-7-5-8-18(11-17)30-3/h5,7-8,11-14,19H,4,6,9-10,15H2,1-3H3. The fraction of sp³-hybridized carbons (Fsp3) is 0.391. The number of carbonyl (C=O) groups excluding carboxylic acids is 1. The number of benzene rings is 1. The number of likely N-dealkylation sites (tertiary alicyclic amines) is 1. The third kappa shape index (κ3) is 4.68. The average molecular weight is 422 g/mol. The summed E-state index contributed by atoms with van der Waals surface area (Å²) in [5, 5.41) is 4.54.